The average molecular weight is 402 g/mol. The summed E-state index contributed by atoms with van der Waals surface area (Å²) in [5.41, 5.74) is -0.503. The summed E-state index contributed by atoms with van der Waals surface area (Å²) in [6.45, 7) is 3.84. The van der Waals surface area contributed by atoms with Gasteiger partial charge in [0.1, 0.15) is 11.4 Å². The Morgan fingerprint density at radius 3 is 2.34 bits per heavy atom. The molecular weight excluding hydrogens is 376 g/mol. The Balaban J connectivity index is 2.00. The highest BCUT2D eigenvalue weighted by molar-refractivity contribution is 6.20. The van der Waals surface area contributed by atoms with Crippen molar-refractivity contribution in [2.24, 2.45) is 5.92 Å². The van der Waals surface area contributed by atoms with Crippen LogP contribution < -0.4 is 10.6 Å². The number of carbonyl (C=O) groups excluding carboxylic acids is 3. The number of benzene rings is 1. The molecule has 1 unspecified atom stereocenters. The Morgan fingerprint density at radius 1 is 1.24 bits per heavy atom. The molecule has 0 spiro atoms. The highest BCUT2D eigenvalue weighted by Gasteiger charge is 2.57. The van der Waals surface area contributed by atoms with Crippen molar-refractivity contribution >= 4 is 23.4 Å². The third-order valence-corrected chi connectivity index (χ3v) is 5.57. The maximum atomic E-state index is 12.7. The molecule has 1 aromatic carbocycles. The Labute approximate surface area is 169 Å². The Hall–Kier alpha value is -3.07. The summed E-state index contributed by atoms with van der Waals surface area (Å²) in [6.07, 6.45) is -0.162. The van der Waals surface area contributed by atoms with Crippen molar-refractivity contribution in [3.8, 4) is 5.75 Å². The van der Waals surface area contributed by atoms with Gasteiger partial charge in [0.05, 0.1) is 22.9 Å². The molecule has 156 valence electrons. The van der Waals surface area contributed by atoms with Crippen LogP contribution in [-0.4, -0.2) is 70.5 Å². The lowest BCUT2D eigenvalue weighted by atomic mass is 10.0. The smallest absolute Gasteiger partial charge is 0.279 e. The van der Waals surface area contributed by atoms with E-state index in [0.29, 0.717) is 6.42 Å². The second-order valence-electron chi connectivity index (χ2n) is 7.99. The van der Waals surface area contributed by atoms with Gasteiger partial charge in [-0.3, -0.25) is 19.3 Å². The van der Waals surface area contributed by atoms with E-state index in [1.807, 2.05) is 13.8 Å². The van der Waals surface area contributed by atoms with Gasteiger partial charge in [-0.05, 0) is 18.1 Å². The SMILES string of the molecule is CC(C)C1(NC2=C(Nc3cccc(C(=O)N(C)C)c3O)C(=O)N(C)C2=O)C[C@H]1O. The Bertz CT molecular complexity index is 923. The zero-order valence-electron chi connectivity index (χ0n) is 17.1. The molecule has 3 amide bonds. The number of aliphatic hydroxyl groups excluding tert-OH is 1. The molecular formula is C20H26N4O5. The molecule has 0 bridgehead atoms. The third kappa shape index (κ3) is 3.31. The van der Waals surface area contributed by atoms with Crippen molar-refractivity contribution < 1.29 is 24.6 Å². The molecule has 1 fully saturated rings. The number of aliphatic hydroxyl groups is 1. The molecule has 0 aromatic heterocycles. The summed E-state index contributed by atoms with van der Waals surface area (Å²) in [4.78, 5) is 39.8. The van der Waals surface area contributed by atoms with Crippen LogP contribution in [0, 0.1) is 5.92 Å². The number of anilines is 1. The largest absolute Gasteiger partial charge is 0.505 e. The summed E-state index contributed by atoms with van der Waals surface area (Å²) >= 11 is 0. The van der Waals surface area contributed by atoms with Crippen LogP contribution in [0.2, 0.25) is 0 Å². The van der Waals surface area contributed by atoms with E-state index in [2.05, 4.69) is 10.6 Å². The maximum Gasteiger partial charge on any atom is 0.279 e. The second kappa shape index (κ2) is 7.07. The number of likely N-dealkylation sites (N-methyl/N-ethyl adjacent to an activating group) is 1. The van der Waals surface area contributed by atoms with Gasteiger partial charge in [-0.25, -0.2) is 0 Å². The van der Waals surface area contributed by atoms with Crippen LogP contribution in [0.25, 0.3) is 0 Å². The number of imide groups is 1. The van der Waals surface area contributed by atoms with Crippen LogP contribution in [0.1, 0.15) is 30.6 Å². The van der Waals surface area contributed by atoms with Gasteiger partial charge in [-0.1, -0.05) is 19.9 Å². The van der Waals surface area contributed by atoms with E-state index in [1.54, 1.807) is 20.2 Å². The van der Waals surface area contributed by atoms with E-state index in [9.17, 15) is 24.6 Å². The molecule has 9 nitrogen and oxygen atoms in total. The molecule has 1 heterocycles. The fourth-order valence-corrected chi connectivity index (χ4v) is 3.46. The highest BCUT2D eigenvalue weighted by Crippen LogP contribution is 2.44. The predicted octanol–water partition coefficient (Wildman–Crippen LogP) is 0.465. The lowest BCUT2D eigenvalue weighted by Crippen LogP contribution is -2.42. The lowest BCUT2D eigenvalue weighted by molar-refractivity contribution is -0.136. The van der Waals surface area contributed by atoms with E-state index in [-0.39, 0.29) is 34.3 Å². The number of phenols is 1. The zero-order valence-corrected chi connectivity index (χ0v) is 17.1. The number of phenolic OH excluding ortho intramolecular Hbond substituents is 1. The van der Waals surface area contributed by atoms with Crippen molar-refractivity contribution in [2.45, 2.75) is 31.9 Å². The third-order valence-electron chi connectivity index (χ3n) is 5.57. The van der Waals surface area contributed by atoms with Gasteiger partial charge >= 0.3 is 0 Å². The van der Waals surface area contributed by atoms with Gasteiger partial charge < -0.3 is 25.7 Å². The van der Waals surface area contributed by atoms with Gasteiger partial charge in [0.15, 0.2) is 5.75 Å². The Morgan fingerprint density at radius 2 is 1.83 bits per heavy atom. The van der Waals surface area contributed by atoms with E-state index in [1.165, 1.54) is 24.1 Å². The number of nitrogens with zero attached hydrogens (tertiary/aromatic N) is 2. The van der Waals surface area contributed by atoms with E-state index < -0.39 is 29.4 Å². The van der Waals surface area contributed by atoms with Crippen LogP contribution >= 0.6 is 0 Å². The fraction of sp³-hybridized carbons (Fsp3) is 0.450. The van der Waals surface area contributed by atoms with Crippen LogP contribution in [0.15, 0.2) is 29.6 Å². The molecule has 1 aliphatic heterocycles. The number of carbonyl (C=O) groups is 3. The molecule has 2 atom stereocenters. The van der Waals surface area contributed by atoms with Crippen molar-refractivity contribution in [1.82, 2.24) is 15.1 Å². The molecule has 2 aliphatic rings. The number of hydrogen-bond acceptors (Lipinski definition) is 7. The summed E-state index contributed by atoms with van der Waals surface area (Å²) in [5.74, 6) is -1.80. The molecule has 3 rings (SSSR count). The van der Waals surface area contributed by atoms with Crippen LogP contribution in [0.3, 0.4) is 0 Å². The lowest BCUT2D eigenvalue weighted by Gasteiger charge is -2.24. The van der Waals surface area contributed by atoms with Crippen molar-refractivity contribution in [3.63, 3.8) is 0 Å². The Kier molecular flexibility index (Phi) is 5.04. The predicted molar refractivity (Wildman–Crippen MR) is 106 cm³/mol. The molecule has 1 saturated carbocycles. The van der Waals surface area contributed by atoms with Crippen molar-refractivity contribution in [3.05, 3.63) is 35.2 Å². The minimum Gasteiger partial charge on any atom is -0.505 e. The van der Waals surface area contributed by atoms with Crippen LogP contribution in [0.5, 0.6) is 5.75 Å². The van der Waals surface area contributed by atoms with Gasteiger partial charge in [-0.15, -0.1) is 0 Å². The number of rotatable bonds is 6. The van der Waals surface area contributed by atoms with Crippen LogP contribution in [-0.2, 0) is 9.59 Å². The molecule has 29 heavy (non-hydrogen) atoms. The summed E-state index contributed by atoms with van der Waals surface area (Å²) in [6, 6.07) is 4.54. The standard InChI is InChI=1S/C20H26N4O5/c1-10(2)20(9-13(20)25)22-15-14(18(28)24(5)19(15)29)21-12-8-6-7-11(16(12)26)17(27)23(3)4/h6-8,10,13,21-22,25-26H,9H2,1-5H3/t13-,20?/m1/s1. The summed E-state index contributed by atoms with van der Waals surface area (Å²) in [7, 11) is 4.48. The van der Waals surface area contributed by atoms with Gasteiger partial charge in [0.2, 0.25) is 0 Å². The summed E-state index contributed by atoms with van der Waals surface area (Å²) < 4.78 is 0. The number of amides is 3. The average Bonchev–Trinajstić information content (AvgIpc) is 3.29. The quantitative estimate of drug-likeness (QED) is 0.403. The van der Waals surface area contributed by atoms with Crippen molar-refractivity contribution in [2.75, 3.05) is 26.5 Å². The number of para-hydroxylation sites is 1. The zero-order chi connectivity index (χ0) is 21.7. The van der Waals surface area contributed by atoms with E-state index in [0.717, 1.165) is 4.90 Å². The molecule has 9 heteroatoms. The maximum absolute atomic E-state index is 12.7. The van der Waals surface area contributed by atoms with Gasteiger partial charge in [0.25, 0.3) is 17.7 Å². The topological polar surface area (TPSA) is 122 Å². The first-order valence-electron chi connectivity index (χ1n) is 9.34. The second-order valence-corrected chi connectivity index (χ2v) is 7.99. The van der Waals surface area contributed by atoms with E-state index >= 15 is 0 Å². The molecule has 0 radical (unpaired) electrons. The van der Waals surface area contributed by atoms with Gasteiger partial charge in [-0.2, -0.15) is 0 Å². The minimum atomic E-state index is -0.686. The molecule has 1 aromatic rings. The summed E-state index contributed by atoms with van der Waals surface area (Å²) in [5, 5.41) is 26.5. The number of nitrogens with one attached hydrogen (secondary N) is 2. The molecule has 1 aliphatic carbocycles. The normalized spacial score (nSPS) is 23.7. The first-order chi connectivity index (χ1) is 13.5. The monoisotopic (exact) mass is 402 g/mol. The number of hydrogen-bond donors (Lipinski definition) is 4. The molecule has 0 saturated heterocycles. The highest BCUT2D eigenvalue weighted by atomic mass is 16.3. The molecule has 4 N–H and O–H groups in total. The minimum absolute atomic E-state index is 0.0227. The van der Waals surface area contributed by atoms with Gasteiger partial charge in [0, 0.05) is 27.6 Å². The number of aromatic hydroxyl groups is 1. The van der Waals surface area contributed by atoms with Crippen molar-refractivity contribution in [1.29, 1.82) is 0 Å². The first kappa shape index (κ1) is 20.7. The van der Waals surface area contributed by atoms with Crippen LogP contribution in [0.4, 0.5) is 5.69 Å². The first-order valence-corrected chi connectivity index (χ1v) is 9.34. The fourth-order valence-electron chi connectivity index (χ4n) is 3.46. The van der Waals surface area contributed by atoms with E-state index in [4.69, 9.17) is 0 Å².